The zero-order valence-corrected chi connectivity index (χ0v) is 28.4. The number of ether oxygens (including phenoxy) is 1. The Kier molecular flexibility index (Phi) is 14.6. The lowest BCUT2D eigenvalue weighted by Gasteiger charge is -2.37. The first-order valence-electron chi connectivity index (χ1n) is 15.3. The van der Waals surface area contributed by atoms with E-state index in [9.17, 15) is 23.7 Å². The molecular weight excluding hydrogens is 596 g/mol. The van der Waals surface area contributed by atoms with Crippen LogP contribution < -0.4 is 15.0 Å². The SMILES string of the molecule is CC.CCC/C=C1/C(=C\N=C(C)Nc2cc([N+](=O)[O-])c(N(C)CCN(C)C)cc2OC)CN(Cc2ccc(F)cc2F)C(=O)N1C. The molecule has 1 fully saturated rings. The Balaban J connectivity index is 0.00000361. The van der Waals surface area contributed by atoms with E-state index >= 15 is 0 Å². The summed E-state index contributed by atoms with van der Waals surface area (Å²) in [6, 6.07) is 6.01. The third kappa shape index (κ3) is 9.99. The number of hydrogen-bond donors (Lipinski definition) is 1. The lowest BCUT2D eigenvalue weighted by atomic mass is 10.1. The molecule has 1 heterocycles. The van der Waals surface area contributed by atoms with Gasteiger partial charge in [-0.25, -0.2) is 18.6 Å². The van der Waals surface area contributed by atoms with Gasteiger partial charge in [0, 0.05) is 68.4 Å². The van der Waals surface area contributed by atoms with E-state index in [0.29, 0.717) is 47.3 Å². The average Bonchev–Trinajstić information content (AvgIpc) is 3.02. The molecule has 1 saturated heterocycles. The van der Waals surface area contributed by atoms with Crippen LogP contribution in [0, 0.1) is 21.7 Å². The molecule has 3 rings (SSSR count). The van der Waals surface area contributed by atoms with E-state index < -0.39 is 16.6 Å². The van der Waals surface area contributed by atoms with Crippen molar-refractivity contribution >= 4 is 28.9 Å². The van der Waals surface area contributed by atoms with Crippen LogP contribution in [0.1, 0.15) is 46.1 Å². The molecule has 0 aliphatic carbocycles. The van der Waals surface area contributed by atoms with Crippen LogP contribution in [0.5, 0.6) is 5.75 Å². The van der Waals surface area contributed by atoms with Gasteiger partial charge in [-0.1, -0.05) is 39.3 Å². The highest BCUT2D eigenvalue weighted by atomic mass is 19.1. The number of unbranched alkanes of at least 4 members (excludes halogenated alkanes) is 1. The normalized spacial score (nSPS) is 15.3. The van der Waals surface area contributed by atoms with Crippen LogP contribution >= 0.6 is 0 Å². The summed E-state index contributed by atoms with van der Waals surface area (Å²) in [6.07, 6.45) is 5.17. The number of nitrogens with one attached hydrogen (secondary N) is 1. The maximum absolute atomic E-state index is 14.4. The predicted octanol–water partition coefficient (Wildman–Crippen LogP) is 6.87. The molecule has 0 saturated carbocycles. The molecule has 0 bridgehead atoms. The van der Waals surface area contributed by atoms with Gasteiger partial charge in [0.2, 0.25) is 0 Å². The largest absolute Gasteiger partial charge is 0.494 e. The number of allylic oxidation sites excluding steroid dienone is 1. The highest BCUT2D eigenvalue weighted by Crippen LogP contribution is 2.38. The van der Waals surface area contributed by atoms with E-state index in [-0.39, 0.29) is 30.4 Å². The van der Waals surface area contributed by atoms with Crippen LogP contribution in [0.4, 0.5) is 30.6 Å². The third-order valence-electron chi connectivity index (χ3n) is 7.13. The number of halogens is 2. The van der Waals surface area contributed by atoms with Gasteiger partial charge >= 0.3 is 6.03 Å². The van der Waals surface area contributed by atoms with Crippen LogP contribution in [0.15, 0.2) is 58.9 Å². The van der Waals surface area contributed by atoms with Crippen molar-refractivity contribution in [2.45, 2.75) is 47.1 Å². The molecule has 1 aliphatic heterocycles. The van der Waals surface area contributed by atoms with Gasteiger partial charge in [-0.3, -0.25) is 15.0 Å². The molecule has 11 nitrogen and oxygen atoms in total. The first-order chi connectivity index (χ1) is 21.9. The molecule has 252 valence electrons. The van der Waals surface area contributed by atoms with E-state index in [2.05, 4.69) is 10.3 Å². The summed E-state index contributed by atoms with van der Waals surface area (Å²) in [6.45, 7) is 9.12. The minimum atomic E-state index is -0.727. The van der Waals surface area contributed by atoms with E-state index in [0.717, 1.165) is 25.0 Å². The number of methoxy groups -OCH3 is 1. The summed E-state index contributed by atoms with van der Waals surface area (Å²) < 4.78 is 33.4. The summed E-state index contributed by atoms with van der Waals surface area (Å²) in [4.78, 5) is 36.0. The molecule has 0 atom stereocenters. The highest BCUT2D eigenvalue weighted by Gasteiger charge is 2.30. The van der Waals surface area contributed by atoms with Gasteiger partial charge < -0.3 is 24.8 Å². The average molecular weight is 644 g/mol. The van der Waals surface area contributed by atoms with Gasteiger partial charge in [0.15, 0.2) is 0 Å². The molecule has 0 spiro atoms. The number of nitrogens with zero attached hydrogens (tertiary/aromatic N) is 6. The Labute approximate surface area is 271 Å². The number of anilines is 2. The lowest BCUT2D eigenvalue weighted by molar-refractivity contribution is -0.384. The Bertz CT molecular complexity index is 1460. The monoisotopic (exact) mass is 643 g/mol. The standard InChI is InChI=1S/C31H41F2N7O4.C2H6/c1-8-9-10-27-23(20-39(31(41)38(27)6)19-22-11-12-24(32)15-25(22)33)18-34-21(2)35-26-16-29(40(42)43)28(17-30(26)44-7)37(5)14-13-36(3)4;1-2/h10-12,15-18H,8-9,13-14,19-20H2,1-7H3,(H,34,35);1-2H3/b23-18-,27-10-;. The van der Waals surface area contributed by atoms with Crippen LogP contribution in [0.2, 0.25) is 0 Å². The summed E-state index contributed by atoms with van der Waals surface area (Å²) >= 11 is 0. The fourth-order valence-electron chi connectivity index (χ4n) is 4.67. The first-order valence-corrected chi connectivity index (χ1v) is 15.3. The number of carbonyl (C=O) groups is 1. The molecule has 0 aromatic heterocycles. The van der Waals surface area contributed by atoms with Crippen molar-refractivity contribution in [3.05, 3.63) is 81.2 Å². The molecule has 13 heteroatoms. The van der Waals surface area contributed by atoms with Gasteiger partial charge in [0.25, 0.3) is 5.69 Å². The minimum absolute atomic E-state index is 0.0508. The van der Waals surface area contributed by atoms with Crippen molar-refractivity contribution in [1.29, 1.82) is 0 Å². The van der Waals surface area contributed by atoms with Gasteiger partial charge in [-0.05, 0) is 33.5 Å². The first kappa shape index (κ1) is 37.7. The molecule has 2 amide bonds. The molecule has 46 heavy (non-hydrogen) atoms. The molecule has 2 aromatic carbocycles. The maximum Gasteiger partial charge on any atom is 0.324 e. The van der Waals surface area contributed by atoms with Crippen molar-refractivity contribution in [1.82, 2.24) is 14.7 Å². The number of urea groups is 1. The van der Waals surface area contributed by atoms with E-state index in [1.807, 2.05) is 50.7 Å². The maximum atomic E-state index is 14.4. The van der Waals surface area contributed by atoms with Gasteiger partial charge in [0.1, 0.15) is 28.9 Å². The Hall–Kier alpha value is -4.52. The number of amides is 2. The fourth-order valence-corrected chi connectivity index (χ4v) is 4.67. The fraction of sp³-hybridized carbons (Fsp3) is 0.455. The van der Waals surface area contributed by atoms with E-state index in [1.54, 1.807) is 33.3 Å². The van der Waals surface area contributed by atoms with Crippen LogP contribution in [0.3, 0.4) is 0 Å². The molecule has 0 unspecified atom stereocenters. The smallest absolute Gasteiger partial charge is 0.324 e. The number of nitro benzene ring substituents is 1. The van der Waals surface area contributed by atoms with E-state index in [4.69, 9.17) is 4.74 Å². The number of carbonyl (C=O) groups excluding carboxylic acids is 1. The number of aliphatic imine (C=N–C) groups is 1. The molecule has 2 aromatic rings. The minimum Gasteiger partial charge on any atom is -0.494 e. The Morgan fingerprint density at radius 2 is 1.87 bits per heavy atom. The molecule has 1 N–H and O–H groups in total. The second-order valence-electron chi connectivity index (χ2n) is 10.8. The van der Waals surface area contributed by atoms with Crippen molar-refractivity contribution in [3.63, 3.8) is 0 Å². The van der Waals surface area contributed by atoms with Crippen molar-refractivity contribution in [3.8, 4) is 5.75 Å². The molecular formula is C33H47F2N7O4. The van der Waals surface area contributed by atoms with E-state index in [1.165, 1.54) is 29.0 Å². The molecule has 1 aliphatic rings. The second-order valence-corrected chi connectivity index (χ2v) is 10.8. The Morgan fingerprint density at radius 1 is 1.17 bits per heavy atom. The third-order valence-corrected chi connectivity index (χ3v) is 7.13. The van der Waals surface area contributed by atoms with Gasteiger partial charge in [-0.15, -0.1) is 0 Å². The highest BCUT2D eigenvalue weighted by molar-refractivity contribution is 5.96. The number of likely N-dealkylation sites (N-methyl/N-ethyl adjacent to an activating group) is 3. The van der Waals surface area contributed by atoms with Crippen LogP contribution in [-0.4, -0.2) is 86.4 Å². The summed E-state index contributed by atoms with van der Waals surface area (Å²) in [5, 5.41) is 15.1. The molecule has 0 radical (unpaired) electrons. The quantitative estimate of drug-likeness (QED) is 0.116. The van der Waals surface area contributed by atoms with Crippen molar-refractivity contribution < 1.29 is 23.2 Å². The number of amidine groups is 1. The van der Waals surface area contributed by atoms with Crippen LogP contribution in [-0.2, 0) is 6.54 Å². The predicted molar refractivity (Wildman–Crippen MR) is 181 cm³/mol. The zero-order chi connectivity index (χ0) is 34.6. The summed E-state index contributed by atoms with van der Waals surface area (Å²) in [5.41, 5.74) is 2.30. The zero-order valence-electron chi connectivity index (χ0n) is 28.4. The Morgan fingerprint density at radius 3 is 2.46 bits per heavy atom. The lowest BCUT2D eigenvalue weighted by Crippen LogP contribution is -2.47. The second kappa shape index (κ2) is 17.8. The van der Waals surface area contributed by atoms with Gasteiger partial charge in [-0.2, -0.15) is 0 Å². The number of benzene rings is 2. The van der Waals surface area contributed by atoms with Crippen LogP contribution in [0.25, 0.3) is 0 Å². The number of nitro groups is 1. The number of rotatable bonds is 12. The van der Waals surface area contributed by atoms with Crippen molar-refractivity contribution in [2.75, 3.05) is 65.2 Å². The van der Waals surface area contributed by atoms with Crippen molar-refractivity contribution in [2.24, 2.45) is 4.99 Å². The summed E-state index contributed by atoms with van der Waals surface area (Å²) in [7, 11) is 8.79. The van der Waals surface area contributed by atoms with Gasteiger partial charge in [0.05, 0.1) is 30.8 Å². The topological polar surface area (TPSA) is 107 Å². The summed E-state index contributed by atoms with van der Waals surface area (Å²) in [5.74, 6) is -0.592. The number of hydrogen-bond acceptors (Lipinski definition) is 7.